The molecule has 104 valence electrons. The molecule has 1 saturated heterocycles. The molecule has 2 rings (SSSR count). The molecule has 0 aliphatic carbocycles. The van der Waals surface area contributed by atoms with Gasteiger partial charge >= 0.3 is 0 Å². The molecule has 1 N–H and O–H groups in total. The Kier molecular flexibility index (Phi) is 4.54. The second-order valence-corrected chi connectivity index (χ2v) is 4.75. The van der Waals surface area contributed by atoms with Crippen LogP contribution in [0.2, 0.25) is 0 Å². The van der Waals surface area contributed by atoms with E-state index in [1.807, 2.05) is 19.2 Å². The summed E-state index contributed by atoms with van der Waals surface area (Å²) in [6.45, 7) is 3.76. The van der Waals surface area contributed by atoms with Crippen LogP contribution < -0.4 is 5.32 Å². The number of hydrogen-bond acceptors (Lipinski definition) is 3. The van der Waals surface area contributed by atoms with Gasteiger partial charge in [0.2, 0.25) is 11.8 Å². The molecule has 1 aliphatic heterocycles. The Morgan fingerprint density at radius 2 is 2.26 bits per heavy atom. The third kappa shape index (κ3) is 3.56. The maximum absolute atomic E-state index is 12.3. The maximum Gasteiger partial charge on any atom is 0.245 e. The average Bonchev–Trinajstić information content (AvgIpc) is 2.86. The zero-order valence-corrected chi connectivity index (χ0v) is 11.2. The third-order valence-corrected chi connectivity index (χ3v) is 3.29. The third-order valence-electron chi connectivity index (χ3n) is 3.29. The number of rotatable bonds is 5. The van der Waals surface area contributed by atoms with Crippen LogP contribution in [0.5, 0.6) is 0 Å². The molecule has 0 spiro atoms. The van der Waals surface area contributed by atoms with Crippen molar-refractivity contribution in [3.63, 3.8) is 0 Å². The summed E-state index contributed by atoms with van der Waals surface area (Å²) in [4.78, 5) is 25.7. The molecule has 1 aromatic heterocycles. The van der Waals surface area contributed by atoms with Crippen LogP contribution in [0.4, 0.5) is 0 Å². The van der Waals surface area contributed by atoms with E-state index in [0.717, 1.165) is 6.42 Å². The lowest BCUT2D eigenvalue weighted by Gasteiger charge is -2.23. The van der Waals surface area contributed by atoms with Crippen molar-refractivity contribution in [3.05, 3.63) is 18.5 Å². The Balaban J connectivity index is 1.97. The molecule has 0 bridgehead atoms. The molecule has 1 atom stereocenters. The predicted molar refractivity (Wildman–Crippen MR) is 70.3 cm³/mol. The van der Waals surface area contributed by atoms with E-state index in [0.29, 0.717) is 32.5 Å². The van der Waals surface area contributed by atoms with Gasteiger partial charge in [0.15, 0.2) is 0 Å². The largest absolute Gasteiger partial charge is 0.344 e. The molecule has 6 heteroatoms. The van der Waals surface area contributed by atoms with E-state index in [1.54, 1.807) is 15.8 Å². The van der Waals surface area contributed by atoms with Gasteiger partial charge < -0.3 is 10.2 Å². The Hall–Kier alpha value is -1.85. The topological polar surface area (TPSA) is 67.2 Å². The van der Waals surface area contributed by atoms with Crippen LogP contribution >= 0.6 is 0 Å². The minimum absolute atomic E-state index is 0.0276. The fourth-order valence-electron chi connectivity index (χ4n) is 2.26. The quantitative estimate of drug-likeness (QED) is 0.837. The summed E-state index contributed by atoms with van der Waals surface area (Å²) in [5.41, 5.74) is 0. The Morgan fingerprint density at radius 3 is 2.95 bits per heavy atom. The van der Waals surface area contributed by atoms with Crippen LogP contribution in [-0.2, 0) is 16.1 Å². The monoisotopic (exact) mass is 264 g/mol. The van der Waals surface area contributed by atoms with Crippen molar-refractivity contribution in [1.29, 1.82) is 0 Å². The van der Waals surface area contributed by atoms with Gasteiger partial charge in [0.05, 0.1) is 6.54 Å². The highest BCUT2D eigenvalue weighted by Gasteiger charge is 2.28. The highest BCUT2D eigenvalue weighted by Crippen LogP contribution is 2.08. The minimum atomic E-state index is -0.363. The predicted octanol–water partition coefficient (Wildman–Crippen LogP) is 0.400. The number of aromatic nitrogens is 2. The second kappa shape index (κ2) is 6.36. The summed E-state index contributed by atoms with van der Waals surface area (Å²) >= 11 is 0. The first-order valence-electron chi connectivity index (χ1n) is 6.76. The van der Waals surface area contributed by atoms with Gasteiger partial charge in [0, 0.05) is 31.9 Å². The van der Waals surface area contributed by atoms with Crippen molar-refractivity contribution in [2.75, 3.05) is 13.1 Å². The van der Waals surface area contributed by atoms with Gasteiger partial charge in [-0.3, -0.25) is 14.3 Å². The number of hydrogen-bond donors (Lipinski definition) is 1. The van der Waals surface area contributed by atoms with Gasteiger partial charge in [-0.1, -0.05) is 13.3 Å². The van der Waals surface area contributed by atoms with Crippen molar-refractivity contribution in [1.82, 2.24) is 20.0 Å². The minimum Gasteiger partial charge on any atom is -0.344 e. The lowest BCUT2D eigenvalue weighted by atomic mass is 10.1. The molecule has 1 fully saturated rings. The van der Waals surface area contributed by atoms with Crippen LogP contribution in [0.1, 0.15) is 26.2 Å². The van der Waals surface area contributed by atoms with Gasteiger partial charge in [-0.15, -0.1) is 0 Å². The van der Waals surface area contributed by atoms with E-state index in [4.69, 9.17) is 0 Å². The molecule has 2 amide bonds. The normalized spacial score (nSPS) is 20.3. The van der Waals surface area contributed by atoms with Gasteiger partial charge in [-0.25, -0.2) is 0 Å². The SMILES string of the molecule is CCCC1NC(=O)CCN(CCn2cccn2)C1=O. The standard InChI is InChI=1S/C13H20N4O2/c1-2-4-11-13(19)16(8-5-12(18)15-11)9-10-17-7-3-6-14-17/h3,6-7,11H,2,4-5,8-10H2,1H3,(H,15,18). The van der Waals surface area contributed by atoms with Gasteiger partial charge in [-0.2, -0.15) is 5.10 Å². The van der Waals surface area contributed by atoms with E-state index in [9.17, 15) is 9.59 Å². The van der Waals surface area contributed by atoms with E-state index in [1.165, 1.54) is 0 Å². The molecule has 1 aliphatic rings. The molecule has 0 aromatic carbocycles. The summed E-state index contributed by atoms with van der Waals surface area (Å²) in [6, 6.07) is 1.49. The summed E-state index contributed by atoms with van der Waals surface area (Å²) in [7, 11) is 0. The van der Waals surface area contributed by atoms with Crippen molar-refractivity contribution >= 4 is 11.8 Å². The highest BCUT2D eigenvalue weighted by molar-refractivity contribution is 5.89. The molecule has 6 nitrogen and oxygen atoms in total. The molecule has 1 unspecified atom stereocenters. The number of nitrogens with one attached hydrogen (secondary N) is 1. The number of carbonyl (C=O) groups excluding carboxylic acids is 2. The van der Waals surface area contributed by atoms with Gasteiger partial charge in [0.25, 0.3) is 0 Å². The molecule has 0 saturated carbocycles. The molecule has 1 aromatic rings. The summed E-state index contributed by atoms with van der Waals surface area (Å²) in [5.74, 6) is -0.00625. The van der Waals surface area contributed by atoms with Crippen molar-refractivity contribution in [3.8, 4) is 0 Å². The number of amides is 2. The smallest absolute Gasteiger partial charge is 0.245 e. The summed E-state index contributed by atoms with van der Waals surface area (Å²) in [5, 5.41) is 6.92. The summed E-state index contributed by atoms with van der Waals surface area (Å²) in [6.07, 6.45) is 5.54. The molecule has 19 heavy (non-hydrogen) atoms. The van der Waals surface area contributed by atoms with E-state index in [2.05, 4.69) is 10.4 Å². The zero-order valence-electron chi connectivity index (χ0n) is 11.2. The van der Waals surface area contributed by atoms with E-state index < -0.39 is 0 Å². The lowest BCUT2D eigenvalue weighted by molar-refractivity contribution is -0.133. The molecule has 2 heterocycles. The zero-order chi connectivity index (χ0) is 13.7. The number of carbonyl (C=O) groups is 2. The maximum atomic E-state index is 12.3. The van der Waals surface area contributed by atoms with Crippen LogP contribution in [0, 0.1) is 0 Å². The Morgan fingerprint density at radius 1 is 1.42 bits per heavy atom. The first-order valence-corrected chi connectivity index (χ1v) is 6.76. The Bertz CT molecular complexity index is 430. The second-order valence-electron chi connectivity index (χ2n) is 4.75. The van der Waals surface area contributed by atoms with E-state index in [-0.39, 0.29) is 17.9 Å². The van der Waals surface area contributed by atoms with E-state index >= 15 is 0 Å². The fraction of sp³-hybridized carbons (Fsp3) is 0.615. The van der Waals surface area contributed by atoms with Crippen molar-refractivity contribution in [2.45, 2.75) is 38.8 Å². The van der Waals surface area contributed by atoms with Crippen LogP contribution in [0.25, 0.3) is 0 Å². The van der Waals surface area contributed by atoms with Crippen LogP contribution in [0.15, 0.2) is 18.5 Å². The van der Waals surface area contributed by atoms with Gasteiger partial charge in [-0.05, 0) is 12.5 Å². The van der Waals surface area contributed by atoms with Crippen LogP contribution in [-0.4, -0.2) is 45.6 Å². The van der Waals surface area contributed by atoms with Gasteiger partial charge in [0.1, 0.15) is 6.04 Å². The lowest BCUT2D eigenvalue weighted by Crippen LogP contribution is -2.45. The van der Waals surface area contributed by atoms with Crippen molar-refractivity contribution < 1.29 is 9.59 Å². The number of nitrogens with zero attached hydrogens (tertiary/aromatic N) is 3. The molecule has 0 radical (unpaired) electrons. The van der Waals surface area contributed by atoms with Crippen molar-refractivity contribution in [2.24, 2.45) is 0 Å². The Labute approximate surface area is 112 Å². The first-order chi connectivity index (χ1) is 9.20. The fourth-order valence-corrected chi connectivity index (χ4v) is 2.26. The van der Waals surface area contributed by atoms with Crippen LogP contribution in [0.3, 0.4) is 0 Å². The average molecular weight is 264 g/mol. The highest BCUT2D eigenvalue weighted by atomic mass is 16.2. The first kappa shape index (κ1) is 13.6. The summed E-state index contributed by atoms with van der Waals surface area (Å²) < 4.78 is 1.79. The molecular formula is C13H20N4O2. The molecular weight excluding hydrogens is 244 g/mol.